The normalized spacial score (nSPS) is 17.4. The summed E-state index contributed by atoms with van der Waals surface area (Å²) in [6.07, 6.45) is 2.95. The molecule has 0 aliphatic carbocycles. The summed E-state index contributed by atoms with van der Waals surface area (Å²) in [7, 11) is 0. The van der Waals surface area contributed by atoms with Crippen LogP contribution in [0.15, 0.2) is 11.6 Å². The van der Waals surface area contributed by atoms with Crippen molar-refractivity contribution in [3.8, 4) is 0 Å². The molecule has 1 rings (SSSR count). The monoisotopic (exact) mass is 253 g/mol. The van der Waals surface area contributed by atoms with Gasteiger partial charge < -0.3 is 16.0 Å². The van der Waals surface area contributed by atoms with E-state index >= 15 is 0 Å². The van der Waals surface area contributed by atoms with Crippen molar-refractivity contribution in [2.75, 3.05) is 19.6 Å². The maximum Gasteiger partial charge on any atom is 0.242 e. The molecule has 102 valence electrons. The Morgan fingerprint density at radius 2 is 2.17 bits per heavy atom. The summed E-state index contributed by atoms with van der Waals surface area (Å²) in [5.74, 6) is -0.245. The molecule has 1 aliphatic heterocycles. The summed E-state index contributed by atoms with van der Waals surface area (Å²) in [5.41, 5.74) is 7.01. The highest BCUT2D eigenvalue weighted by Gasteiger charge is 2.20. The summed E-state index contributed by atoms with van der Waals surface area (Å²) < 4.78 is 0. The first-order chi connectivity index (χ1) is 8.41. The van der Waals surface area contributed by atoms with Crippen molar-refractivity contribution in [1.82, 2.24) is 10.2 Å². The van der Waals surface area contributed by atoms with Gasteiger partial charge in [0.2, 0.25) is 11.8 Å². The fraction of sp³-hybridized carbons (Fsp3) is 0.692. The fourth-order valence-electron chi connectivity index (χ4n) is 1.69. The van der Waals surface area contributed by atoms with E-state index in [-0.39, 0.29) is 24.3 Å². The van der Waals surface area contributed by atoms with Crippen molar-refractivity contribution >= 4 is 11.8 Å². The van der Waals surface area contributed by atoms with Gasteiger partial charge in [0.1, 0.15) is 0 Å². The number of carbonyl (C=O) groups excluding carboxylic acids is 2. The first-order valence-electron chi connectivity index (χ1n) is 6.38. The number of hydrogen-bond acceptors (Lipinski definition) is 3. The lowest BCUT2D eigenvalue weighted by atomic mass is 10.1. The Bertz CT molecular complexity index is 350. The topological polar surface area (TPSA) is 75.4 Å². The summed E-state index contributed by atoms with van der Waals surface area (Å²) >= 11 is 0. The van der Waals surface area contributed by atoms with Gasteiger partial charge in [0.15, 0.2) is 0 Å². The van der Waals surface area contributed by atoms with Crippen molar-refractivity contribution in [2.45, 2.75) is 33.2 Å². The first-order valence-corrected chi connectivity index (χ1v) is 6.38. The minimum absolute atomic E-state index is 0.0339. The molecule has 5 heteroatoms. The van der Waals surface area contributed by atoms with Gasteiger partial charge in [0.25, 0.3) is 0 Å². The maximum absolute atomic E-state index is 11.8. The number of hydrogen-bond donors (Lipinski definition) is 2. The molecule has 2 amide bonds. The number of amides is 2. The van der Waals surface area contributed by atoms with Crippen LogP contribution in [0.1, 0.15) is 27.2 Å². The molecule has 0 saturated heterocycles. The first kappa shape index (κ1) is 14.7. The highest BCUT2D eigenvalue weighted by Crippen LogP contribution is 2.09. The molecule has 0 aromatic heterocycles. The minimum Gasteiger partial charge on any atom is -0.346 e. The van der Waals surface area contributed by atoms with E-state index in [4.69, 9.17) is 5.73 Å². The SMILES string of the molecule is CC1=CCN(C(=O)CNC(=O)[C@@H](N)C(C)C)CC1. The van der Waals surface area contributed by atoms with Crippen LogP contribution in [0.3, 0.4) is 0 Å². The molecule has 0 aromatic carbocycles. The molecule has 0 saturated carbocycles. The van der Waals surface area contributed by atoms with Gasteiger partial charge in [-0.2, -0.15) is 0 Å². The van der Waals surface area contributed by atoms with E-state index in [0.29, 0.717) is 6.54 Å². The molecule has 1 aliphatic rings. The Morgan fingerprint density at radius 3 is 2.67 bits per heavy atom. The molecule has 1 atom stereocenters. The molecule has 0 fully saturated rings. The molecule has 0 spiro atoms. The maximum atomic E-state index is 11.8. The summed E-state index contributed by atoms with van der Waals surface area (Å²) in [6.45, 7) is 7.22. The Kier molecular flexibility index (Phi) is 5.34. The van der Waals surface area contributed by atoms with E-state index in [1.54, 1.807) is 4.90 Å². The van der Waals surface area contributed by atoms with Crippen LogP contribution in [-0.4, -0.2) is 42.4 Å². The van der Waals surface area contributed by atoms with E-state index in [0.717, 1.165) is 13.0 Å². The number of nitrogens with one attached hydrogen (secondary N) is 1. The van der Waals surface area contributed by atoms with Crippen LogP contribution in [0.2, 0.25) is 0 Å². The predicted octanol–water partition coefficient (Wildman–Crippen LogP) is 0.265. The molecule has 0 radical (unpaired) electrons. The molecule has 18 heavy (non-hydrogen) atoms. The molecule has 0 aromatic rings. The van der Waals surface area contributed by atoms with Crippen molar-refractivity contribution in [2.24, 2.45) is 11.7 Å². The van der Waals surface area contributed by atoms with Crippen LogP contribution in [0.5, 0.6) is 0 Å². The highest BCUT2D eigenvalue weighted by molar-refractivity contribution is 5.87. The number of nitrogens with two attached hydrogens (primary N) is 1. The van der Waals surface area contributed by atoms with E-state index in [2.05, 4.69) is 12.2 Å². The largest absolute Gasteiger partial charge is 0.346 e. The van der Waals surface area contributed by atoms with Gasteiger partial charge >= 0.3 is 0 Å². The molecule has 0 unspecified atom stereocenters. The van der Waals surface area contributed by atoms with Gasteiger partial charge in [0.05, 0.1) is 12.6 Å². The van der Waals surface area contributed by atoms with Crippen LogP contribution < -0.4 is 11.1 Å². The molecule has 5 nitrogen and oxygen atoms in total. The third-order valence-corrected chi connectivity index (χ3v) is 3.22. The van der Waals surface area contributed by atoms with Gasteiger partial charge in [0, 0.05) is 13.1 Å². The number of nitrogens with zero attached hydrogens (tertiary/aromatic N) is 1. The zero-order chi connectivity index (χ0) is 13.7. The molecular weight excluding hydrogens is 230 g/mol. The van der Waals surface area contributed by atoms with Crippen LogP contribution in [0.25, 0.3) is 0 Å². The smallest absolute Gasteiger partial charge is 0.242 e. The lowest BCUT2D eigenvalue weighted by Crippen LogP contribution is -2.48. The summed E-state index contributed by atoms with van der Waals surface area (Å²) in [6, 6.07) is -0.554. The van der Waals surface area contributed by atoms with Gasteiger partial charge in [-0.05, 0) is 19.3 Å². The molecule has 1 heterocycles. The third kappa shape index (κ3) is 4.14. The van der Waals surface area contributed by atoms with Crippen LogP contribution in [0, 0.1) is 5.92 Å². The van der Waals surface area contributed by atoms with Gasteiger partial charge in [-0.15, -0.1) is 0 Å². The van der Waals surface area contributed by atoms with Crippen LogP contribution in [0.4, 0.5) is 0 Å². The standard InChI is InChI=1S/C13H23N3O2/c1-9(2)12(14)13(18)15-8-11(17)16-6-4-10(3)5-7-16/h4,9,12H,5-8,14H2,1-3H3,(H,15,18)/t12-/m0/s1. The lowest BCUT2D eigenvalue weighted by molar-refractivity contribution is -0.133. The highest BCUT2D eigenvalue weighted by atomic mass is 16.2. The fourth-order valence-corrected chi connectivity index (χ4v) is 1.69. The Labute approximate surface area is 108 Å². The lowest BCUT2D eigenvalue weighted by Gasteiger charge is -2.26. The average molecular weight is 253 g/mol. The molecule has 0 bridgehead atoms. The molecule has 3 N–H and O–H groups in total. The van der Waals surface area contributed by atoms with Gasteiger partial charge in [-0.3, -0.25) is 9.59 Å². The Hall–Kier alpha value is -1.36. The zero-order valence-corrected chi connectivity index (χ0v) is 11.4. The van der Waals surface area contributed by atoms with Crippen molar-refractivity contribution in [1.29, 1.82) is 0 Å². The van der Waals surface area contributed by atoms with E-state index in [9.17, 15) is 9.59 Å². The zero-order valence-electron chi connectivity index (χ0n) is 11.4. The van der Waals surface area contributed by atoms with Gasteiger partial charge in [-0.1, -0.05) is 25.5 Å². The Morgan fingerprint density at radius 1 is 1.50 bits per heavy atom. The quantitative estimate of drug-likeness (QED) is 0.706. The summed E-state index contributed by atoms with van der Waals surface area (Å²) in [5, 5.41) is 2.60. The average Bonchev–Trinajstić information content (AvgIpc) is 2.35. The van der Waals surface area contributed by atoms with Crippen LogP contribution >= 0.6 is 0 Å². The van der Waals surface area contributed by atoms with E-state index in [1.807, 2.05) is 19.9 Å². The molecular formula is C13H23N3O2. The van der Waals surface area contributed by atoms with Crippen LogP contribution in [-0.2, 0) is 9.59 Å². The second kappa shape index (κ2) is 6.54. The van der Waals surface area contributed by atoms with Gasteiger partial charge in [-0.25, -0.2) is 0 Å². The van der Waals surface area contributed by atoms with Crippen molar-refractivity contribution in [3.63, 3.8) is 0 Å². The Balaban J connectivity index is 2.36. The van der Waals surface area contributed by atoms with E-state index < -0.39 is 6.04 Å². The van der Waals surface area contributed by atoms with Crippen molar-refractivity contribution < 1.29 is 9.59 Å². The second-order valence-corrected chi connectivity index (χ2v) is 5.13. The second-order valence-electron chi connectivity index (χ2n) is 5.13. The number of rotatable bonds is 4. The minimum atomic E-state index is -0.554. The summed E-state index contributed by atoms with van der Waals surface area (Å²) in [4.78, 5) is 25.2. The number of carbonyl (C=O) groups is 2. The third-order valence-electron chi connectivity index (χ3n) is 3.22. The van der Waals surface area contributed by atoms with E-state index in [1.165, 1.54) is 5.57 Å². The van der Waals surface area contributed by atoms with Crippen molar-refractivity contribution in [3.05, 3.63) is 11.6 Å². The predicted molar refractivity (Wildman–Crippen MR) is 70.8 cm³/mol.